The van der Waals surface area contributed by atoms with E-state index in [1.807, 2.05) is 6.07 Å². The quantitative estimate of drug-likeness (QED) is 0.791. The number of aryl methyl sites for hydroxylation is 2. The van der Waals surface area contributed by atoms with Crippen LogP contribution in [0.3, 0.4) is 0 Å². The first-order valence-electron chi connectivity index (χ1n) is 6.62. The summed E-state index contributed by atoms with van der Waals surface area (Å²) >= 11 is 2.97. The molecule has 4 heteroatoms. The Kier molecular flexibility index (Phi) is 3.74. The number of halogens is 3. The maximum absolute atomic E-state index is 13.7. The summed E-state index contributed by atoms with van der Waals surface area (Å²) in [5.41, 5.74) is 4.07. The number of fused-ring (bicyclic) bond motifs is 1. The largest absolute Gasteiger partial charge is 0.379 e. The van der Waals surface area contributed by atoms with Crippen molar-refractivity contribution in [2.24, 2.45) is 0 Å². The van der Waals surface area contributed by atoms with Crippen LogP contribution in [0.25, 0.3) is 0 Å². The first-order valence-corrected chi connectivity index (χ1v) is 7.42. The lowest BCUT2D eigenvalue weighted by Crippen LogP contribution is -2.03. The smallest absolute Gasteiger partial charge is 0.147 e. The molecule has 0 saturated carbocycles. The third-order valence-electron chi connectivity index (χ3n) is 3.66. The first-order chi connectivity index (χ1) is 9.63. The van der Waals surface area contributed by atoms with Gasteiger partial charge in [0.2, 0.25) is 0 Å². The number of hydrogen-bond acceptors (Lipinski definition) is 1. The van der Waals surface area contributed by atoms with Crippen LogP contribution in [0.1, 0.15) is 23.1 Å². The SMILES string of the molecule is Fc1cc(NCc2ccc3c(c2)CCC3)c(F)cc1Br. The lowest BCUT2D eigenvalue weighted by molar-refractivity contribution is 0.596. The summed E-state index contributed by atoms with van der Waals surface area (Å²) in [5, 5.41) is 2.95. The van der Waals surface area contributed by atoms with Crippen LogP contribution in [0.2, 0.25) is 0 Å². The predicted octanol–water partition coefficient (Wildman–Crippen LogP) is 4.83. The van der Waals surface area contributed by atoms with Gasteiger partial charge in [-0.05, 0) is 57.9 Å². The maximum Gasteiger partial charge on any atom is 0.147 e. The van der Waals surface area contributed by atoms with Gasteiger partial charge in [-0.25, -0.2) is 8.78 Å². The Hall–Kier alpha value is -1.42. The summed E-state index contributed by atoms with van der Waals surface area (Å²) in [6.07, 6.45) is 3.47. The highest BCUT2D eigenvalue weighted by Crippen LogP contribution is 2.25. The van der Waals surface area contributed by atoms with E-state index in [4.69, 9.17) is 0 Å². The second kappa shape index (κ2) is 5.52. The summed E-state index contributed by atoms with van der Waals surface area (Å²) < 4.78 is 27.2. The molecule has 0 fully saturated rings. The van der Waals surface area contributed by atoms with Crippen LogP contribution in [0, 0.1) is 11.6 Å². The van der Waals surface area contributed by atoms with Crippen LogP contribution in [0.5, 0.6) is 0 Å². The molecule has 1 aliphatic rings. The predicted molar refractivity (Wildman–Crippen MR) is 79.9 cm³/mol. The minimum atomic E-state index is -0.470. The molecule has 0 radical (unpaired) electrons. The molecular weight excluding hydrogens is 324 g/mol. The summed E-state index contributed by atoms with van der Waals surface area (Å²) in [6.45, 7) is 0.491. The number of benzene rings is 2. The normalized spacial score (nSPS) is 13.3. The van der Waals surface area contributed by atoms with Crippen LogP contribution in [0.15, 0.2) is 34.8 Å². The zero-order valence-electron chi connectivity index (χ0n) is 10.8. The van der Waals surface area contributed by atoms with E-state index in [1.54, 1.807) is 0 Å². The molecule has 0 bridgehead atoms. The van der Waals surface area contributed by atoms with E-state index in [0.717, 1.165) is 24.5 Å². The van der Waals surface area contributed by atoms with E-state index >= 15 is 0 Å². The second-order valence-corrected chi connectivity index (χ2v) is 5.91. The van der Waals surface area contributed by atoms with Crippen molar-refractivity contribution in [3.05, 3.63) is 63.1 Å². The van der Waals surface area contributed by atoms with Gasteiger partial charge in [-0.2, -0.15) is 0 Å². The van der Waals surface area contributed by atoms with E-state index in [2.05, 4.69) is 33.4 Å². The Bertz CT molecular complexity index is 655. The Morgan fingerprint density at radius 3 is 2.65 bits per heavy atom. The van der Waals surface area contributed by atoms with Crippen molar-refractivity contribution in [2.75, 3.05) is 5.32 Å². The molecule has 0 spiro atoms. The van der Waals surface area contributed by atoms with Crippen molar-refractivity contribution in [3.63, 3.8) is 0 Å². The zero-order valence-corrected chi connectivity index (χ0v) is 12.4. The van der Waals surface area contributed by atoms with Gasteiger partial charge in [-0.1, -0.05) is 18.2 Å². The molecule has 0 aromatic heterocycles. The number of hydrogen-bond donors (Lipinski definition) is 1. The van der Waals surface area contributed by atoms with Crippen molar-refractivity contribution in [3.8, 4) is 0 Å². The van der Waals surface area contributed by atoms with Crippen LogP contribution >= 0.6 is 15.9 Å². The summed E-state index contributed by atoms with van der Waals surface area (Å²) in [7, 11) is 0. The van der Waals surface area contributed by atoms with E-state index < -0.39 is 11.6 Å². The minimum Gasteiger partial charge on any atom is -0.379 e. The third kappa shape index (κ3) is 2.70. The maximum atomic E-state index is 13.7. The lowest BCUT2D eigenvalue weighted by Gasteiger charge is -2.10. The van der Waals surface area contributed by atoms with Gasteiger partial charge in [0.1, 0.15) is 11.6 Å². The minimum absolute atomic E-state index is 0.137. The van der Waals surface area contributed by atoms with Crippen LogP contribution < -0.4 is 5.32 Å². The van der Waals surface area contributed by atoms with Gasteiger partial charge in [-0.3, -0.25) is 0 Å². The Labute approximate surface area is 125 Å². The van der Waals surface area contributed by atoms with Gasteiger partial charge < -0.3 is 5.32 Å². The van der Waals surface area contributed by atoms with Gasteiger partial charge in [0.15, 0.2) is 0 Å². The lowest BCUT2D eigenvalue weighted by atomic mass is 10.1. The van der Waals surface area contributed by atoms with Gasteiger partial charge in [0.25, 0.3) is 0 Å². The molecule has 1 nitrogen and oxygen atoms in total. The van der Waals surface area contributed by atoms with E-state index in [9.17, 15) is 8.78 Å². The zero-order chi connectivity index (χ0) is 14.1. The molecule has 104 valence electrons. The summed E-state index contributed by atoms with van der Waals surface area (Å²) in [5.74, 6) is -0.928. The van der Waals surface area contributed by atoms with Crippen molar-refractivity contribution in [1.29, 1.82) is 0 Å². The van der Waals surface area contributed by atoms with E-state index in [1.165, 1.54) is 23.6 Å². The molecular formula is C16H14BrF2N. The molecule has 3 rings (SSSR count). The highest BCUT2D eigenvalue weighted by molar-refractivity contribution is 9.10. The topological polar surface area (TPSA) is 12.0 Å². The van der Waals surface area contributed by atoms with E-state index in [0.29, 0.717) is 6.54 Å². The van der Waals surface area contributed by atoms with Gasteiger partial charge in [-0.15, -0.1) is 0 Å². The van der Waals surface area contributed by atoms with Crippen LogP contribution in [-0.2, 0) is 19.4 Å². The number of nitrogens with one attached hydrogen (secondary N) is 1. The Morgan fingerprint density at radius 2 is 1.80 bits per heavy atom. The standard InChI is InChI=1S/C16H14BrF2N/c17-13-7-15(19)16(8-14(13)18)20-9-10-4-5-11-2-1-3-12(11)6-10/h4-8,20H,1-3,9H2. The molecule has 0 unspecified atom stereocenters. The van der Waals surface area contributed by atoms with Gasteiger partial charge >= 0.3 is 0 Å². The summed E-state index contributed by atoms with van der Waals surface area (Å²) in [4.78, 5) is 0. The molecule has 1 aliphatic carbocycles. The molecule has 1 N–H and O–H groups in total. The number of anilines is 1. The fourth-order valence-corrected chi connectivity index (χ4v) is 2.91. The van der Waals surface area contributed by atoms with Gasteiger partial charge in [0.05, 0.1) is 10.2 Å². The molecule has 0 heterocycles. The first kappa shape index (κ1) is 13.6. The van der Waals surface area contributed by atoms with Crippen molar-refractivity contribution >= 4 is 21.6 Å². The fraction of sp³-hybridized carbons (Fsp3) is 0.250. The molecule has 0 atom stereocenters. The highest BCUT2D eigenvalue weighted by Gasteiger charge is 2.11. The van der Waals surface area contributed by atoms with Crippen LogP contribution in [-0.4, -0.2) is 0 Å². The highest BCUT2D eigenvalue weighted by atomic mass is 79.9. The van der Waals surface area contributed by atoms with Crippen molar-refractivity contribution in [2.45, 2.75) is 25.8 Å². The molecule has 20 heavy (non-hydrogen) atoms. The number of rotatable bonds is 3. The average Bonchev–Trinajstić information content (AvgIpc) is 2.89. The summed E-state index contributed by atoms with van der Waals surface area (Å²) in [6, 6.07) is 8.65. The molecule has 0 aliphatic heterocycles. The molecule has 0 amide bonds. The average molecular weight is 338 g/mol. The Balaban J connectivity index is 1.75. The van der Waals surface area contributed by atoms with Crippen LogP contribution in [0.4, 0.5) is 14.5 Å². The molecule has 2 aromatic carbocycles. The van der Waals surface area contributed by atoms with Gasteiger partial charge in [0, 0.05) is 12.6 Å². The fourth-order valence-electron chi connectivity index (χ4n) is 2.59. The monoisotopic (exact) mass is 337 g/mol. The third-order valence-corrected chi connectivity index (χ3v) is 4.26. The van der Waals surface area contributed by atoms with E-state index in [-0.39, 0.29) is 10.2 Å². The Morgan fingerprint density at radius 1 is 1.00 bits per heavy atom. The molecule has 0 saturated heterocycles. The molecule has 2 aromatic rings. The van der Waals surface area contributed by atoms with Crippen molar-refractivity contribution in [1.82, 2.24) is 0 Å². The van der Waals surface area contributed by atoms with Crippen molar-refractivity contribution < 1.29 is 8.78 Å². The second-order valence-electron chi connectivity index (χ2n) is 5.06.